The number of anilines is 3. The molecule has 2 heterocycles. The molecule has 0 saturated heterocycles. The molecule has 2 aromatic heterocycles. The van der Waals surface area contributed by atoms with Gasteiger partial charge in [0.2, 0.25) is 0 Å². The molecule has 0 radical (unpaired) electrons. The van der Waals surface area contributed by atoms with Gasteiger partial charge in [-0.2, -0.15) is 0 Å². The summed E-state index contributed by atoms with van der Waals surface area (Å²) in [6.45, 7) is 0. The molecule has 0 aliphatic carbocycles. The maximum Gasteiger partial charge on any atom is 0.159 e. The lowest BCUT2D eigenvalue weighted by Gasteiger charge is -2.27. The highest BCUT2D eigenvalue weighted by Crippen LogP contribution is 2.47. The second-order valence-corrected chi connectivity index (χ2v) is 13.3. The summed E-state index contributed by atoms with van der Waals surface area (Å²) >= 11 is 0. The Morgan fingerprint density at radius 2 is 1.02 bits per heavy atom. The third-order valence-corrected chi connectivity index (χ3v) is 10.5. The maximum atomic E-state index is 6.75. The van der Waals surface area contributed by atoms with Crippen LogP contribution in [0.5, 0.6) is 0 Å². The molecule has 0 saturated carbocycles. The first kappa shape index (κ1) is 28.0. The minimum atomic E-state index is 0.863. The highest BCUT2D eigenvalue weighted by atomic mass is 16.3. The van der Waals surface area contributed by atoms with E-state index in [0.29, 0.717) is 0 Å². The first-order chi connectivity index (χ1) is 25.3. The molecule has 0 spiro atoms. The molecule has 0 aliphatic heterocycles. The number of hydrogen-bond acceptors (Lipinski definition) is 2. The molecule has 0 bridgehead atoms. The van der Waals surface area contributed by atoms with Crippen LogP contribution in [0.2, 0.25) is 0 Å². The summed E-state index contributed by atoms with van der Waals surface area (Å²) in [5.41, 5.74) is 8.31. The molecule has 0 atom stereocenters. The van der Waals surface area contributed by atoms with Crippen molar-refractivity contribution in [2.75, 3.05) is 4.90 Å². The van der Waals surface area contributed by atoms with Crippen molar-refractivity contribution in [3.8, 4) is 5.69 Å². The van der Waals surface area contributed by atoms with Crippen molar-refractivity contribution in [3.05, 3.63) is 182 Å². The van der Waals surface area contributed by atoms with Gasteiger partial charge in [-0.1, -0.05) is 133 Å². The molecular formula is C48H30N2O. The Morgan fingerprint density at radius 1 is 0.392 bits per heavy atom. The molecule has 0 fully saturated rings. The van der Waals surface area contributed by atoms with Crippen molar-refractivity contribution in [1.29, 1.82) is 0 Å². The van der Waals surface area contributed by atoms with Gasteiger partial charge in [-0.25, -0.2) is 0 Å². The van der Waals surface area contributed by atoms with Gasteiger partial charge in [-0.05, 0) is 80.8 Å². The van der Waals surface area contributed by atoms with Gasteiger partial charge in [-0.15, -0.1) is 0 Å². The zero-order chi connectivity index (χ0) is 33.5. The Kier molecular flexibility index (Phi) is 5.96. The summed E-state index contributed by atoms with van der Waals surface area (Å²) in [4.78, 5) is 2.41. The fourth-order valence-corrected chi connectivity index (χ4v) is 8.29. The van der Waals surface area contributed by atoms with Gasteiger partial charge < -0.3 is 13.9 Å². The summed E-state index contributed by atoms with van der Waals surface area (Å²) in [5.74, 6) is 0. The Labute approximate surface area is 293 Å². The molecule has 3 heteroatoms. The fourth-order valence-electron chi connectivity index (χ4n) is 8.29. The normalized spacial score (nSPS) is 11.9. The van der Waals surface area contributed by atoms with Crippen molar-refractivity contribution < 1.29 is 4.42 Å². The zero-order valence-corrected chi connectivity index (χ0v) is 27.6. The van der Waals surface area contributed by atoms with Crippen molar-refractivity contribution in [3.63, 3.8) is 0 Å². The van der Waals surface area contributed by atoms with E-state index in [1.54, 1.807) is 0 Å². The molecule has 0 unspecified atom stereocenters. The van der Waals surface area contributed by atoms with Crippen LogP contribution >= 0.6 is 0 Å². The summed E-state index contributed by atoms with van der Waals surface area (Å²) in [6, 6.07) is 65.6. The van der Waals surface area contributed by atoms with Crippen molar-refractivity contribution >= 4 is 93.1 Å². The summed E-state index contributed by atoms with van der Waals surface area (Å²) < 4.78 is 9.16. The first-order valence-corrected chi connectivity index (χ1v) is 17.4. The predicted molar refractivity (Wildman–Crippen MR) is 215 cm³/mol. The van der Waals surface area contributed by atoms with Gasteiger partial charge in [0.1, 0.15) is 5.58 Å². The highest BCUT2D eigenvalue weighted by Gasteiger charge is 2.24. The maximum absolute atomic E-state index is 6.75. The largest absolute Gasteiger partial charge is 0.454 e. The molecule has 0 amide bonds. The number of fused-ring (bicyclic) bond motifs is 11. The molecule has 11 rings (SSSR count). The summed E-state index contributed by atoms with van der Waals surface area (Å²) in [6.07, 6.45) is 0. The van der Waals surface area contributed by atoms with Crippen molar-refractivity contribution in [2.24, 2.45) is 0 Å². The van der Waals surface area contributed by atoms with Crippen LogP contribution in [0.1, 0.15) is 0 Å². The average molecular weight is 651 g/mol. The number of para-hydroxylation sites is 5. The molecule has 0 aliphatic rings. The van der Waals surface area contributed by atoms with Gasteiger partial charge in [0.05, 0.1) is 22.4 Å². The first-order valence-electron chi connectivity index (χ1n) is 17.4. The van der Waals surface area contributed by atoms with Gasteiger partial charge in [-0.3, -0.25) is 0 Å². The van der Waals surface area contributed by atoms with Crippen LogP contribution in [0, 0.1) is 0 Å². The molecule has 3 nitrogen and oxygen atoms in total. The molecule has 238 valence electrons. The third kappa shape index (κ3) is 4.12. The quantitative estimate of drug-likeness (QED) is 0.177. The summed E-state index contributed by atoms with van der Waals surface area (Å²) in [7, 11) is 0. The number of hydrogen-bond donors (Lipinski definition) is 0. The van der Waals surface area contributed by atoms with E-state index >= 15 is 0 Å². The van der Waals surface area contributed by atoms with Crippen LogP contribution in [0.25, 0.3) is 81.7 Å². The standard InChI is InChI=1S/C48H30N2O/c1-2-13-33(14-3-1)50-43-20-8-6-16-38(43)40-18-10-21-44(47(40)50)49(45-22-11-19-41-39-17-7-9-23-46(39)51-48(41)45)34-27-24-32-26-28-36-35-15-5-4-12-31(35)25-29-37(36)42(32)30-34/h1-30H. The Morgan fingerprint density at radius 3 is 1.88 bits per heavy atom. The number of aromatic nitrogens is 1. The lowest BCUT2D eigenvalue weighted by Crippen LogP contribution is -2.12. The second kappa shape index (κ2) is 10.8. The lowest BCUT2D eigenvalue weighted by atomic mass is 9.96. The topological polar surface area (TPSA) is 21.3 Å². The number of nitrogens with zero attached hydrogens (tertiary/aromatic N) is 2. The van der Waals surface area contributed by atoms with E-state index in [0.717, 1.165) is 50.2 Å². The number of benzene rings is 9. The van der Waals surface area contributed by atoms with E-state index in [9.17, 15) is 0 Å². The Balaban J connectivity index is 1.28. The number of rotatable bonds is 4. The van der Waals surface area contributed by atoms with Crippen molar-refractivity contribution in [2.45, 2.75) is 0 Å². The van der Waals surface area contributed by atoms with Crippen LogP contribution < -0.4 is 4.90 Å². The van der Waals surface area contributed by atoms with E-state index in [4.69, 9.17) is 4.42 Å². The van der Waals surface area contributed by atoms with Gasteiger partial charge in [0.25, 0.3) is 0 Å². The Hall–Kier alpha value is -6.84. The highest BCUT2D eigenvalue weighted by molar-refractivity contribution is 6.19. The summed E-state index contributed by atoms with van der Waals surface area (Å²) in [5, 5.41) is 12.1. The minimum absolute atomic E-state index is 0.863. The van der Waals surface area contributed by atoms with Gasteiger partial charge in [0.15, 0.2) is 5.58 Å². The van der Waals surface area contributed by atoms with E-state index in [1.807, 2.05) is 6.07 Å². The smallest absolute Gasteiger partial charge is 0.159 e. The van der Waals surface area contributed by atoms with Crippen LogP contribution in [0.4, 0.5) is 17.1 Å². The van der Waals surface area contributed by atoms with Gasteiger partial charge >= 0.3 is 0 Å². The monoisotopic (exact) mass is 650 g/mol. The van der Waals surface area contributed by atoms with Crippen LogP contribution in [-0.2, 0) is 0 Å². The molecule has 51 heavy (non-hydrogen) atoms. The van der Waals surface area contributed by atoms with E-state index in [-0.39, 0.29) is 0 Å². The molecule has 11 aromatic rings. The van der Waals surface area contributed by atoms with Gasteiger partial charge in [0, 0.05) is 32.9 Å². The minimum Gasteiger partial charge on any atom is -0.454 e. The molecular weight excluding hydrogens is 621 g/mol. The average Bonchev–Trinajstić information content (AvgIpc) is 3.75. The van der Waals surface area contributed by atoms with Crippen LogP contribution in [0.3, 0.4) is 0 Å². The van der Waals surface area contributed by atoms with E-state index in [1.165, 1.54) is 48.6 Å². The van der Waals surface area contributed by atoms with E-state index in [2.05, 4.69) is 185 Å². The fraction of sp³-hybridized carbons (Fsp3) is 0. The molecule has 9 aromatic carbocycles. The van der Waals surface area contributed by atoms with Crippen molar-refractivity contribution in [1.82, 2.24) is 4.57 Å². The van der Waals surface area contributed by atoms with Crippen LogP contribution in [0.15, 0.2) is 186 Å². The third-order valence-electron chi connectivity index (χ3n) is 10.5. The zero-order valence-electron chi connectivity index (χ0n) is 27.6. The van der Waals surface area contributed by atoms with Crippen LogP contribution in [-0.4, -0.2) is 4.57 Å². The molecule has 0 N–H and O–H groups in total. The van der Waals surface area contributed by atoms with E-state index < -0.39 is 0 Å². The Bertz CT molecular complexity index is 3150. The second-order valence-electron chi connectivity index (χ2n) is 13.3. The SMILES string of the molecule is c1ccc(-n2c3ccccc3c3cccc(N(c4ccc5ccc6c7ccccc7ccc6c5c4)c4cccc5c4oc4ccccc45)c32)cc1. The predicted octanol–water partition coefficient (Wildman–Crippen LogP) is 13.6. The lowest BCUT2D eigenvalue weighted by molar-refractivity contribution is 0.669. The number of furan rings is 1.